The van der Waals surface area contributed by atoms with Crippen molar-refractivity contribution < 1.29 is 32.9 Å². The van der Waals surface area contributed by atoms with Crippen LogP contribution < -0.4 is 4.74 Å². The monoisotopic (exact) mass is 261 g/mol. The predicted molar refractivity (Wildman–Crippen MR) is 50.3 cm³/mol. The molecule has 1 unspecified atom stereocenters. The van der Waals surface area contributed by atoms with Gasteiger partial charge in [-0.25, -0.2) is 9.18 Å². The average Bonchev–Trinajstić information content (AvgIpc) is 2.27. The van der Waals surface area contributed by atoms with Gasteiger partial charge in [-0.1, -0.05) is 0 Å². The Kier molecular flexibility index (Phi) is 4.12. The fourth-order valence-corrected chi connectivity index (χ4v) is 1.20. The van der Waals surface area contributed by atoms with E-state index in [9.17, 15) is 23.1 Å². The van der Waals surface area contributed by atoms with Gasteiger partial charge in [0.15, 0.2) is 6.10 Å². The van der Waals surface area contributed by atoms with Crippen molar-refractivity contribution in [2.75, 3.05) is 0 Å². The van der Waals surface area contributed by atoms with Crippen molar-refractivity contribution in [1.29, 1.82) is 5.26 Å². The molecule has 0 bridgehead atoms. The summed E-state index contributed by atoms with van der Waals surface area (Å²) in [4.78, 5) is 10.6. The molecule has 0 aliphatic rings. The highest BCUT2D eigenvalue weighted by molar-refractivity contribution is 5.75. The van der Waals surface area contributed by atoms with E-state index in [4.69, 9.17) is 10.4 Å². The van der Waals surface area contributed by atoms with Gasteiger partial charge in [0.1, 0.15) is 17.6 Å². The fourth-order valence-electron chi connectivity index (χ4n) is 1.20. The SMILES string of the molecule is N#Cc1cc(C(O)C(=O)O)c(OC(F)F)cc1F. The smallest absolute Gasteiger partial charge is 0.387 e. The molecule has 0 saturated heterocycles. The van der Waals surface area contributed by atoms with Crippen LogP contribution in [0.25, 0.3) is 0 Å². The van der Waals surface area contributed by atoms with Crippen molar-refractivity contribution in [3.63, 3.8) is 0 Å². The molecule has 0 aliphatic carbocycles. The fraction of sp³-hybridized carbons (Fsp3) is 0.200. The van der Waals surface area contributed by atoms with Gasteiger partial charge in [0.25, 0.3) is 0 Å². The van der Waals surface area contributed by atoms with E-state index in [2.05, 4.69) is 4.74 Å². The molecular weight excluding hydrogens is 255 g/mol. The maximum absolute atomic E-state index is 13.2. The summed E-state index contributed by atoms with van der Waals surface area (Å²) < 4.78 is 41.1. The minimum absolute atomic E-state index is 0.423. The first-order chi connectivity index (χ1) is 8.36. The molecule has 1 rings (SSSR count). The summed E-state index contributed by atoms with van der Waals surface area (Å²) in [6.07, 6.45) is -2.20. The molecule has 1 atom stereocenters. The van der Waals surface area contributed by atoms with Crippen LogP contribution in [0.2, 0.25) is 0 Å². The third kappa shape index (κ3) is 2.89. The second-order valence-electron chi connectivity index (χ2n) is 3.10. The summed E-state index contributed by atoms with van der Waals surface area (Å²) >= 11 is 0. The zero-order valence-corrected chi connectivity index (χ0v) is 8.60. The third-order valence-corrected chi connectivity index (χ3v) is 1.96. The van der Waals surface area contributed by atoms with Gasteiger partial charge in [-0.05, 0) is 6.07 Å². The summed E-state index contributed by atoms with van der Waals surface area (Å²) in [6.45, 7) is -3.32. The van der Waals surface area contributed by atoms with Gasteiger partial charge < -0.3 is 14.9 Å². The first-order valence-electron chi connectivity index (χ1n) is 4.46. The van der Waals surface area contributed by atoms with E-state index < -0.39 is 41.4 Å². The second-order valence-corrected chi connectivity index (χ2v) is 3.10. The molecule has 96 valence electrons. The topological polar surface area (TPSA) is 90.5 Å². The van der Waals surface area contributed by atoms with Crippen LogP contribution >= 0.6 is 0 Å². The zero-order valence-electron chi connectivity index (χ0n) is 8.60. The number of rotatable bonds is 4. The minimum Gasteiger partial charge on any atom is -0.479 e. The number of hydrogen-bond donors (Lipinski definition) is 2. The number of aliphatic carboxylic acids is 1. The van der Waals surface area contributed by atoms with Crippen LogP contribution in [0.1, 0.15) is 17.2 Å². The lowest BCUT2D eigenvalue weighted by atomic mass is 10.0. The maximum Gasteiger partial charge on any atom is 0.387 e. The van der Waals surface area contributed by atoms with Crippen molar-refractivity contribution in [3.8, 4) is 11.8 Å². The Labute approximate surface area is 98.6 Å². The Bertz CT molecular complexity index is 513. The molecule has 1 aromatic rings. The Balaban J connectivity index is 3.35. The number of carboxylic acids is 1. The van der Waals surface area contributed by atoms with Crippen LogP contribution in [0.5, 0.6) is 5.75 Å². The first kappa shape index (κ1) is 13.8. The third-order valence-electron chi connectivity index (χ3n) is 1.96. The van der Waals surface area contributed by atoms with E-state index in [1.54, 1.807) is 0 Å². The van der Waals surface area contributed by atoms with Crippen molar-refractivity contribution in [2.45, 2.75) is 12.7 Å². The van der Waals surface area contributed by atoms with Gasteiger partial charge in [-0.3, -0.25) is 0 Å². The molecule has 2 N–H and O–H groups in total. The van der Waals surface area contributed by atoms with E-state index in [-0.39, 0.29) is 0 Å². The lowest BCUT2D eigenvalue weighted by molar-refractivity contribution is -0.147. The van der Waals surface area contributed by atoms with E-state index in [0.717, 1.165) is 0 Å². The van der Waals surface area contributed by atoms with Gasteiger partial charge in [-0.2, -0.15) is 14.0 Å². The molecule has 0 amide bonds. The Morgan fingerprint density at radius 2 is 2.06 bits per heavy atom. The van der Waals surface area contributed by atoms with E-state index >= 15 is 0 Å². The second kappa shape index (κ2) is 5.37. The largest absolute Gasteiger partial charge is 0.479 e. The van der Waals surface area contributed by atoms with Crippen molar-refractivity contribution >= 4 is 5.97 Å². The van der Waals surface area contributed by atoms with Crippen LogP contribution in [-0.4, -0.2) is 22.8 Å². The highest BCUT2D eigenvalue weighted by atomic mass is 19.3. The van der Waals surface area contributed by atoms with E-state index in [1.165, 1.54) is 6.07 Å². The quantitative estimate of drug-likeness (QED) is 0.855. The van der Waals surface area contributed by atoms with Crippen molar-refractivity contribution in [1.82, 2.24) is 0 Å². The van der Waals surface area contributed by atoms with Gasteiger partial charge in [-0.15, -0.1) is 0 Å². The number of alkyl halides is 2. The van der Waals surface area contributed by atoms with Crippen LogP contribution in [0, 0.1) is 17.1 Å². The molecule has 0 radical (unpaired) electrons. The number of carbonyl (C=O) groups is 1. The summed E-state index contributed by atoms with van der Waals surface area (Å²) in [6, 6.07) is 2.46. The Morgan fingerprint density at radius 1 is 1.44 bits per heavy atom. The summed E-state index contributed by atoms with van der Waals surface area (Å²) in [5, 5.41) is 26.3. The molecule has 0 aliphatic heterocycles. The molecule has 0 saturated carbocycles. The van der Waals surface area contributed by atoms with Gasteiger partial charge in [0.05, 0.1) is 5.56 Å². The normalized spacial score (nSPS) is 12.0. The molecular formula is C10H6F3NO4. The van der Waals surface area contributed by atoms with Crippen LogP contribution in [-0.2, 0) is 4.79 Å². The maximum atomic E-state index is 13.2. The molecule has 5 nitrogen and oxygen atoms in total. The zero-order chi connectivity index (χ0) is 13.9. The van der Waals surface area contributed by atoms with Crippen molar-refractivity contribution in [2.24, 2.45) is 0 Å². The first-order valence-corrected chi connectivity index (χ1v) is 4.46. The highest BCUT2D eigenvalue weighted by Gasteiger charge is 2.24. The Morgan fingerprint density at radius 3 is 2.50 bits per heavy atom. The number of hydrogen-bond acceptors (Lipinski definition) is 4. The molecule has 18 heavy (non-hydrogen) atoms. The minimum atomic E-state index is -3.32. The molecule has 0 aromatic heterocycles. The van der Waals surface area contributed by atoms with E-state index in [1.807, 2.05) is 0 Å². The van der Waals surface area contributed by atoms with E-state index in [0.29, 0.717) is 12.1 Å². The standard InChI is InChI=1S/C10H6F3NO4/c11-6-2-7(18-10(12)13)5(1-4(6)3-14)8(15)9(16)17/h1-2,8,10,15H,(H,16,17). The van der Waals surface area contributed by atoms with Crippen LogP contribution in [0.3, 0.4) is 0 Å². The molecule has 1 aromatic carbocycles. The Hall–Kier alpha value is -2.27. The number of benzene rings is 1. The number of nitrogens with zero attached hydrogens (tertiary/aromatic N) is 1. The highest BCUT2D eigenvalue weighted by Crippen LogP contribution is 2.29. The molecule has 0 spiro atoms. The predicted octanol–water partition coefficient (Wildman–Crippen LogP) is 1.42. The van der Waals surface area contributed by atoms with Crippen LogP contribution in [0.4, 0.5) is 13.2 Å². The van der Waals surface area contributed by atoms with Gasteiger partial charge >= 0.3 is 12.6 Å². The molecule has 0 heterocycles. The average molecular weight is 261 g/mol. The summed E-state index contributed by atoms with van der Waals surface area (Å²) in [5.41, 5.74) is -1.22. The van der Waals surface area contributed by atoms with Crippen LogP contribution in [0.15, 0.2) is 12.1 Å². The number of carboxylic acid groups (broad SMARTS) is 1. The molecule has 0 fully saturated rings. The van der Waals surface area contributed by atoms with Gasteiger partial charge in [0.2, 0.25) is 0 Å². The summed E-state index contributed by atoms with van der Waals surface area (Å²) in [5.74, 6) is -3.74. The number of halogens is 3. The van der Waals surface area contributed by atoms with Gasteiger partial charge in [0, 0.05) is 11.6 Å². The summed E-state index contributed by atoms with van der Waals surface area (Å²) in [7, 11) is 0. The number of aliphatic hydroxyl groups excluding tert-OH is 1. The lowest BCUT2D eigenvalue weighted by Crippen LogP contribution is -2.14. The number of aliphatic hydroxyl groups is 1. The molecule has 8 heteroatoms. The number of ether oxygens (including phenoxy) is 1. The van der Waals surface area contributed by atoms with Crippen molar-refractivity contribution in [3.05, 3.63) is 29.1 Å². The number of nitriles is 1. The lowest BCUT2D eigenvalue weighted by Gasteiger charge is -2.13.